The zero-order valence-electron chi connectivity index (χ0n) is 10.1. The Morgan fingerprint density at radius 2 is 1.88 bits per heavy atom. The van der Waals surface area contributed by atoms with Gasteiger partial charge in [-0.25, -0.2) is 4.98 Å². The van der Waals surface area contributed by atoms with Crippen molar-refractivity contribution >= 4 is 16.7 Å². The summed E-state index contributed by atoms with van der Waals surface area (Å²) in [7, 11) is 0. The Balaban J connectivity index is 1.93. The molecule has 3 rings (SSSR count). The first kappa shape index (κ1) is 10.6. The van der Waals surface area contributed by atoms with E-state index >= 15 is 0 Å². The van der Waals surface area contributed by atoms with Crippen molar-refractivity contribution in [1.29, 1.82) is 0 Å². The molecule has 1 aromatic carbocycles. The topological polar surface area (TPSA) is 54.7 Å². The molecule has 1 aliphatic carbocycles. The van der Waals surface area contributed by atoms with Crippen LogP contribution >= 0.6 is 0 Å². The van der Waals surface area contributed by atoms with Crippen LogP contribution in [-0.2, 0) is 0 Å². The molecule has 0 spiro atoms. The van der Waals surface area contributed by atoms with Crippen LogP contribution in [0.25, 0.3) is 11.0 Å². The number of hydrogen-bond acceptors (Lipinski definition) is 2. The molecule has 0 atom stereocenters. The number of nitrogen functional groups attached to an aromatic ring is 1. The van der Waals surface area contributed by atoms with Crippen LogP contribution < -0.4 is 5.73 Å². The first-order chi connectivity index (χ1) is 8.33. The third-order valence-electron chi connectivity index (χ3n) is 3.77. The van der Waals surface area contributed by atoms with E-state index < -0.39 is 0 Å². The summed E-state index contributed by atoms with van der Waals surface area (Å²) in [6.07, 6.45) is 7.98. The second-order valence-corrected chi connectivity index (χ2v) is 5.09. The number of aromatic amines is 1. The Kier molecular flexibility index (Phi) is 2.75. The average molecular weight is 229 g/mol. The third-order valence-corrected chi connectivity index (χ3v) is 3.77. The van der Waals surface area contributed by atoms with Crippen molar-refractivity contribution in [3.63, 3.8) is 0 Å². The zero-order valence-corrected chi connectivity index (χ0v) is 10.1. The highest BCUT2D eigenvalue weighted by Crippen LogP contribution is 2.31. The number of nitrogens with one attached hydrogen (secondary N) is 1. The number of H-pyrrole nitrogens is 1. The Labute approximate surface area is 101 Å². The second kappa shape index (κ2) is 4.40. The fourth-order valence-corrected chi connectivity index (χ4v) is 2.79. The van der Waals surface area contributed by atoms with E-state index in [1.165, 1.54) is 38.5 Å². The maximum atomic E-state index is 5.79. The minimum atomic E-state index is 0.617. The van der Waals surface area contributed by atoms with E-state index in [1.54, 1.807) is 0 Å². The van der Waals surface area contributed by atoms with Gasteiger partial charge in [0.05, 0.1) is 11.0 Å². The van der Waals surface area contributed by atoms with E-state index in [1.807, 2.05) is 18.2 Å². The number of aromatic nitrogens is 2. The first-order valence-corrected chi connectivity index (χ1v) is 6.58. The number of fused-ring (bicyclic) bond motifs is 1. The molecule has 17 heavy (non-hydrogen) atoms. The van der Waals surface area contributed by atoms with E-state index in [4.69, 9.17) is 10.7 Å². The maximum Gasteiger partial charge on any atom is 0.110 e. The summed E-state index contributed by atoms with van der Waals surface area (Å²) in [5.41, 5.74) is 8.70. The summed E-state index contributed by atoms with van der Waals surface area (Å²) in [5, 5.41) is 0. The molecule has 0 saturated heterocycles. The summed E-state index contributed by atoms with van der Waals surface area (Å²) in [6, 6.07) is 5.89. The van der Waals surface area contributed by atoms with E-state index in [-0.39, 0.29) is 0 Å². The zero-order chi connectivity index (χ0) is 11.7. The van der Waals surface area contributed by atoms with Gasteiger partial charge in [0.2, 0.25) is 0 Å². The summed E-state index contributed by atoms with van der Waals surface area (Å²) >= 11 is 0. The molecule has 3 N–H and O–H groups in total. The monoisotopic (exact) mass is 229 g/mol. The molecule has 1 heterocycles. The number of anilines is 1. The molecule has 90 valence electrons. The van der Waals surface area contributed by atoms with Crippen molar-refractivity contribution in [2.24, 2.45) is 0 Å². The summed E-state index contributed by atoms with van der Waals surface area (Å²) in [5.74, 6) is 1.78. The van der Waals surface area contributed by atoms with Crippen molar-refractivity contribution < 1.29 is 0 Å². The van der Waals surface area contributed by atoms with Gasteiger partial charge in [0.15, 0.2) is 0 Å². The molecule has 0 amide bonds. The Morgan fingerprint density at radius 1 is 1.12 bits per heavy atom. The number of nitrogens with two attached hydrogens (primary N) is 1. The highest BCUT2D eigenvalue weighted by molar-refractivity contribution is 5.78. The van der Waals surface area contributed by atoms with Crippen molar-refractivity contribution in [1.82, 2.24) is 9.97 Å². The lowest BCUT2D eigenvalue weighted by Gasteiger charge is -2.09. The standard InChI is InChI=1S/C14H19N3/c15-11-7-8-12-13(9-11)17-14(16-12)10-5-3-1-2-4-6-10/h7-10H,1-6,15H2,(H,16,17). The molecule has 2 aromatic rings. The molecule has 1 fully saturated rings. The molecule has 0 unspecified atom stereocenters. The minimum absolute atomic E-state index is 0.617. The highest BCUT2D eigenvalue weighted by atomic mass is 14.9. The molecule has 1 saturated carbocycles. The summed E-state index contributed by atoms with van der Waals surface area (Å²) in [6.45, 7) is 0. The minimum Gasteiger partial charge on any atom is -0.399 e. The average Bonchev–Trinajstić information content (AvgIpc) is 2.57. The molecular formula is C14H19N3. The van der Waals surface area contributed by atoms with Gasteiger partial charge in [-0.3, -0.25) is 0 Å². The lowest BCUT2D eigenvalue weighted by Crippen LogP contribution is -1.99. The predicted molar refractivity (Wildman–Crippen MR) is 70.9 cm³/mol. The van der Waals surface area contributed by atoms with Gasteiger partial charge in [0.25, 0.3) is 0 Å². The van der Waals surface area contributed by atoms with E-state index in [2.05, 4.69) is 4.98 Å². The van der Waals surface area contributed by atoms with Crippen LogP contribution in [0.15, 0.2) is 18.2 Å². The van der Waals surface area contributed by atoms with Gasteiger partial charge in [0, 0.05) is 11.6 Å². The number of hydrogen-bond donors (Lipinski definition) is 2. The van der Waals surface area contributed by atoms with Gasteiger partial charge >= 0.3 is 0 Å². The smallest absolute Gasteiger partial charge is 0.110 e. The lowest BCUT2D eigenvalue weighted by molar-refractivity contribution is 0.567. The molecular weight excluding hydrogens is 210 g/mol. The predicted octanol–water partition coefficient (Wildman–Crippen LogP) is 3.58. The van der Waals surface area contributed by atoms with Crippen LogP contribution in [0, 0.1) is 0 Å². The van der Waals surface area contributed by atoms with Crippen LogP contribution in [-0.4, -0.2) is 9.97 Å². The quantitative estimate of drug-likeness (QED) is 0.580. The first-order valence-electron chi connectivity index (χ1n) is 6.58. The van der Waals surface area contributed by atoms with Crippen LogP contribution in [0.4, 0.5) is 5.69 Å². The van der Waals surface area contributed by atoms with Gasteiger partial charge in [-0.15, -0.1) is 0 Å². The molecule has 0 aliphatic heterocycles. The fraction of sp³-hybridized carbons (Fsp3) is 0.500. The van der Waals surface area contributed by atoms with Crippen LogP contribution in [0.5, 0.6) is 0 Å². The van der Waals surface area contributed by atoms with E-state index in [0.29, 0.717) is 5.92 Å². The SMILES string of the molecule is Nc1ccc2nc(C3CCCCCC3)[nH]c2c1. The van der Waals surface area contributed by atoms with Crippen molar-refractivity contribution in [3.05, 3.63) is 24.0 Å². The maximum absolute atomic E-state index is 5.79. The van der Waals surface area contributed by atoms with E-state index in [9.17, 15) is 0 Å². The Bertz CT molecular complexity index is 507. The second-order valence-electron chi connectivity index (χ2n) is 5.09. The van der Waals surface area contributed by atoms with E-state index in [0.717, 1.165) is 22.5 Å². The lowest BCUT2D eigenvalue weighted by atomic mass is 10.00. The van der Waals surface area contributed by atoms with Gasteiger partial charge in [-0.05, 0) is 31.0 Å². The number of rotatable bonds is 1. The van der Waals surface area contributed by atoms with Gasteiger partial charge in [-0.1, -0.05) is 25.7 Å². The molecule has 0 radical (unpaired) electrons. The number of nitrogens with zero attached hydrogens (tertiary/aromatic N) is 1. The molecule has 1 aromatic heterocycles. The van der Waals surface area contributed by atoms with Crippen LogP contribution in [0.3, 0.4) is 0 Å². The largest absolute Gasteiger partial charge is 0.399 e. The summed E-state index contributed by atoms with van der Waals surface area (Å²) < 4.78 is 0. The highest BCUT2D eigenvalue weighted by Gasteiger charge is 2.17. The normalized spacial score (nSPS) is 18.4. The van der Waals surface area contributed by atoms with Gasteiger partial charge in [-0.2, -0.15) is 0 Å². The van der Waals surface area contributed by atoms with Gasteiger partial charge in [0.1, 0.15) is 5.82 Å². The fourth-order valence-electron chi connectivity index (χ4n) is 2.79. The molecule has 3 heteroatoms. The summed E-state index contributed by atoms with van der Waals surface area (Å²) in [4.78, 5) is 8.15. The number of benzene rings is 1. The van der Waals surface area contributed by atoms with Crippen molar-refractivity contribution in [2.45, 2.75) is 44.4 Å². The Morgan fingerprint density at radius 3 is 2.65 bits per heavy atom. The molecule has 0 bridgehead atoms. The van der Waals surface area contributed by atoms with Crippen molar-refractivity contribution in [3.8, 4) is 0 Å². The molecule has 3 nitrogen and oxygen atoms in total. The van der Waals surface area contributed by atoms with Gasteiger partial charge < -0.3 is 10.7 Å². The van der Waals surface area contributed by atoms with Crippen molar-refractivity contribution in [2.75, 3.05) is 5.73 Å². The van der Waals surface area contributed by atoms with Crippen LogP contribution in [0.1, 0.15) is 50.3 Å². The van der Waals surface area contributed by atoms with Crippen LogP contribution in [0.2, 0.25) is 0 Å². The third kappa shape index (κ3) is 2.14. The molecule has 1 aliphatic rings. The Hall–Kier alpha value is -1.51. The number of imidazole rings is 1.